The molecule has 57 heavy (non-hydrogen) atoms. The maximum absolute atomic E-state index is 14.4. The molecule has 0 radical (unpaired) electrons. The van der Waals surface area contributed by atoms with Gasteiger partial charge in [-0.15, -0.1) is 0 Å². The van der Waals surface area contributed by atoms with Gasteiger partial charge in [0.05, 0.1) is 15.4 Å². The average Bonchev–Trinajstić information content (AvgIpc) is 3.74. The van der Waals surface area contributed by atoms with Gasteiger partial charge in [0.2, 0.25) is 20.0 Å². The number of carbonyl (C=O) groups excluding carboxylic acids is 1. The van der Waals surface area contributed by atoms with E-state index in [1.54, 1.807) is 41.7 Å². The molecule has 0 atom stereocenters. The van der Waals surface area contributed by atoms with Crippen molar-refractivity contribution in [3.63, 3.8) is 0 Å². The van der Waals surface area contributed by atoms with Gasteiger partial charge in [0.25, 0.3) is 5.91 Å². The molecular formula is C40H56ClN7O6S3. The lowest BCUT2D eigenvalue weighted by Crippen LogP contribution is -2.39. The van der Waals surface area contributed by atoms with Gasteiger partial charge in [-0.2, -0.15) is 8.61 Å². The zero-order valence-corrected chi connectivity index (χ0v) is 35.8. The summed E-state index contributed by atoms with van der Waals surface area (Å²) in [5.41, 5.74) is 8.37. The fourth-order valence-electron chi connectivity index (χ4n) is 7.20. The molecule has 3 aromatic rings. The molecule has 17 heteroatoms. The fraction of sp³-hybridized carbons (Fsp3) is 0.500. The van der Waals surface area contributed by atoms with E-state index in [9.17, 15) is 21.6 Å². The number of nitrogens with one attached hydrogen (secondary N) is 4. The lowest BCUT2D eigenvalue weighted by molar-refractivity contribution is 0.0941. The van der Waals surface area contributed by atoms with E-state index in [-0.39, 0.29) is 53.0 Å². The highest BCUT2D eigenvalue weighted by molar-refractivity contribution is 7.89. The minimum Gasteiger partial charge on any atom is -0.398 e. The Hall–Kier alpha value is -3.35. The quantitative estimate of drug-likeness (QED) is 0.0596. The van der Waals surface area contributed by atoms with E-state index in [2.05, 4.69) is 21.3 Å². The molecular weight excluding hydrogens is 806 g/mol. The summed E-state index contributed by atoms with van der Waals surface area (Å²) in [4.78, 5) is 13.0. The van der Waals surface area contributed by atoms with Crippen molar-refractivity contribution in [2.45, 2.75) is 80.3 Å². The third-order valence-corrected chi connectivity index (χ3v) is 14.8. The summed E-state index contributed by atoms with van der Waals surface area (Å²) in [6, 6.07) is 17.5. The molecule has 2 aliphatic rings. The second-order valence-electron chi connectivity index (χ2n) is 14.6. The minimum atomic E-state index is -4.07. The molecule has 1 saturated heterocycles. The van der Waals surface area contributed by atoms with E-state index in [1.165, 1.54) is 28.6 Å². The Balaban J connectivity index is 1.25. The van der Waals surface area contributed by atoms with Crippen molar-refractivity contribution in [1.82, 2.24) is 29.9 Å². The zero-order chi connectivity index (χ0) is 40.8. The molecule has 0 aromatic heterocycles. The molecule has 2 fully saturated rings. The number of sulfonamides is 2. The van der Waals surface area contributed by atoms with Crippen molar-refractivity contribution in [2.75, 3.05) is 58.7 Å². The van der Waals surface area contributed by atoms with Crippen LogP contribution in [0, 0.1) is 5.92 Å². The molecule has 1 aliphatic heterocycles. The van der Waals surface area contributed by atoms with Crippen molar-refractivity contribution < 1.29 is 26.4 Å². The molecule has 5 rings (SSSR count). The molecule has 6 N–H and O–H groups in total. The number of thiocarbonyl (C=S) groups is 1. The number of carbonyl (C=O) groups is 1. The summed E-state index contributed by atoms with van der Waals surface area (Å²) < 4.78 is 65.6. The summed E-state index contributed by atoms with van der Waals surface area (Å²) in [5.74, 6) is -0.189. The maximum atomic E-state index is 14.4. The molecule has 0 spiro atoms. The van der Waals surface area contributed by atoms with E-state index < -0.39 is 20.0 Å². The second-order valence-corrected chi connectivity index (χ2v) is 19.3. The Bertz CT molecular complexity index is 1990. The van der Waals surface area contributed by atoms with Crippen LogP contribution in [0.3, 0.4) is 0 Å². The minimum absolute atomic E-state index is 0.00279. The SMILES string of the molecule is CNC(=S)NCCCOCCCNC(=O)c1ccc(CN(CC2CCNCC2)S(=O)(=O)c2ccc(S(=O)(=O)N(Cc3ccc(Cl)cc3)C3CCCC3)cc2)cc1N. The van der Waals surface area contributed by atoms with E-state index in [4.69, 9.17) is 34.3 Å². The first-order valence-electron chi connectivity index (χ1n) is 19.7. The van der Waals surface area contributed by atoms with Crippen LogP contribution in [-0.2, 0) is 37.9 Å². The number of piperidine rings is 1. The van der Waals surface area contributed by atoms with Crippen LogP contribution in [0.5, 0.6) is 0 Å². The van der Waals surface area contributed by atoms with Gasteiger partial charge in [0, 0.05) is 69.7 Å². The fourth-order valence-corrected chi connectivity index (χ4v) is 10.6. The van der Waals surface area contributed by atoms with Crippen molar-refractivity contribution >= 4 is 60.6 Å². The monoisotopic (exact) mass is 861 g/mol. The number of nitrogens with zero attached hydrogens (tertiary/aromatic N) is 2. The molecule has 0 bridgehead atoms. The predicted octanol–water partition coefficient (Wildman–Crippen LogP) is 4.87. The molecule has 1 saturated carbocycles. The highest BCUT2D eigenvalue weighted by Gasteiger charge is 2.34. The summed E-state index contributed by atoms with van der Waals surface area (Å²) >= 11 is 11.1. The molecule has 13 nitrogen and oxygen atoms in total. The number of ether oxygens (including phenoxy) is 1. The van der Waals surface area contributed by atoms with E-state index in [0.717, 1.165) is 63.6 Å². The normalized spacial score (nSPS) is 15.6. The first-order chi connectivity index (χ1) is 27.4. The van der Waals surface area contributed by atoms with Crippen molar-refractivity contribution in [1.29, 1.82) is 0 Å². The number of benzene rings is 3. The van der Waals surface area contributed by atoms with Crippen LogP contribution in [0.4, 0.5) is 5.69 Å². The van der Waals surface area contributed by atoms with Crippen LogP contribution in [0.2, 0.25) is 5.02 Å². The Labute approximate surface area is 348 Å². The molecule has 1 aliphatic carbocycles. The molecule has 3 aromatic carbocycles. The van der Waals surface area contributed by atoms with Gasteiger partial charge < -0.3 is 31.7 Å². The Morgan fingerprint density at radius 3 is 2.05 bits per heavy atom. The van der Waals surface area contributed by atoms with Gasteiger partial charge in [-0.3, -0.25) is 4.79 Å². The highest BCUT2D eigenvalue weighted by Crippen LogP contribution is 2.32. The maximum Gasteiger partial charge on any atom is 0.253 e. The molecule has 0 unspecified atom stereocenters. The number of amides is 1. The number of hydrogen-bond acceptors (Lipinski definition) is 9. The first kappa shape index (κ1) is 44.7. The summed E-state index contributed by atoms with van der Waals surface area (Å²) in [5, 5.41) is 13.3. The van der Waals surface area contributed by atoms with Crippen LogP contribution < -0.4 is 27.0 Å². The topological polar surface area (TPSA) is 175 Å². The van der Waals surface area contributed by atoms with Crippen LogP contribution in [0.25, 0.3) is 0 Å². The van der Waals surface area contributed by atoms with Crippen molar-refractivity contribution in [2.24, 2.45) is 5.92 Å². The van der Waals surface area contributed by atoms with Gasteiger partial charge in [-0.25, -0.2) is 16.8 Å². The predicted molar refractivity (Wildman–Crippen MR) is 229 cm³/mol. The first-order valence-corrected chi connectivity index (χ1v) is 23.3. The van der Waals surface area contributed by atoms with E-state index in [0.29, 0.717) is 54.0 Å². The largest absolute Gasteiger partial charge is 0.398 e. The lowest BCUT2D eigenvalue weighted by atomic mass is 9.98. The number of nitrogen functional groups attached to an aromatic ring is 1. The molecule has 1 amide bonds. The number of hydrogen-bond donors (Lipinski definition) is 5. The summed E-state index contributed by atoms with van der Waals surface area (Å²) in [7, 11) is -6.27. The second kappa shape index (κ2) is 21.6. The Morgan fingerprint density at radius 1 is 0.842 bits per heavy atom. The van der Waals surface area contributed by atoms with Gasteiger partial charge in [0.15, 0.2) is 5.11 Å². The highest BCUT2D eigenvalue weighted by atomic mass is 35.5. The standard InChI is InChI=1S/C40H56ClN7O6S3/c1-43-40(55)46-21-5-25-54-24-4-20-45-39(49)37-17-10-32(26-38(37)42)28-47(27-31-18-22-44-23-19-31)56(50,51)35-13-15-36(16-14-35)57(52,53)48(34-6-2-3-7-34)29-30-8-11-33(41)12-9-30/h8-17,26,31,34,44H,2-7,18-25,27-29,42H2,1H3,(H,45,49)(H2,43,46,55). The number of rotatable bonds is 20. The van der Waals surface area contributed by atoms with Crippen LogP contribution in [0.15, 0.2) is 76.5 Å². The van der Waals surface area contributed by atoms with E-state index in [1.807, 2.05) is 12.1 Å². The summed E-state index contributed by atoms with van der Waals surface area (Å²) in [6.07, 6.45) is 6.51. The van der Waals surface area contributed by atoms with Gasteiger partial charge in [-0.1, -0.05) is 42.6 Å². The van der Waals surface area contributed by atoms with Gasteiger partial charge in [0.1, 0.15) is 0 Å². The zero-order valence-electron chi connectivity index (χ0n) is 32.6. The number of halogens is 1. The number of nitrogens with two attached hydrogens (primary N) is 1. The third-order valence-electron chi connectivity index (χ3n) is 10.4. The smallest absolute Gasteiger partial charge is 0.253 e. The molecule has 1 heterocycles. The van der Waals surface area contributed by atoms with Crippen LogP contribution >= 0.6 is 23.8 Å². The van der Waals surface area contributed by atoms with Crippen molar-refractivity contribution in [3.8, 4) is 0 Å². The molecule has 312 valence electrons. The van der Waals surface area contributed by atoms with Crippen LogP contribution in [-0.4, -0.2) is 95.5 Å². The van der Waals surface area contributed by atoms with E-state index >= 15 is 0 Å². The van der Waals surface area contributed by atoms with Gasteiger partial charge in [-0.05, 0) is 129 Å². The average molecular weight is 863 g/mol. The van der Waals surface area contributed by atoms with Gasteiger partial charge >= 0.3 is 0 Å². The summed E-state index contributed by atoms with van der Waals surface area (Å²) in [6.45, 7) is 4.28. The lowest BCUT2D eigenvalue weighted by Gasteiger charge is -2.30. The number of anilines is 1. The Morgan fingerprint density at radius 2 is 1.44 bits per heavy atom. The van der Waals surface area contributed by atoms with Crippen LogP contribution in [0.1, 0.15) is 72.9 Å². The third kappa shape index (κ3) is 12.8. The van der Waals surface area contributed by atoms with Crippen molar-refractivity contribution in [3.05, 3.63) is 88.4 Å². The Kier molecular flexibility index (Phi) is 17.0.